The van der Waals surface area contributed by atoms with E-state index in [2.05, 4.69) is 67.7 Å². The molecule has 1 atom stereocenters. The maximum absolute atomic E-state index is 3.81. The lowest BCUT2D eigenvalue weighted by Gasteiger charge is -2.21. The molecule has 0 radical (unpaired) electrons. The standard InChI is InChI=1S/C18H21NS/c1-3-20-12-13(2)19-18-16-10-6-4-8-14(16)15-9-5-7-11-17(15)18/h4-11,13,18-19H,3,12H2,1-2H3. The molecule has 2 aromatic rings. The number of thioether (sulfide) groups is 1. The van der Waals surface area contributed by atoms with E-state index in [9.17, 15) is 0 Å². The van der Waals surface area contributed by atoms with Crippen LogP contribution < -0.4 is 5.32 Å². The Bertz CT molecular complexity index is 548. The summed E-state index contributed by atoms with van der Waals surface area (Å²) in [6.07, 6.45) is 0. The highest BCUT2D eigenvalue weighted by atomic mass is 32.2. The van der Waals surface area contributed by atoms with Crippen molar-refractivity contribution in [1.29, 1.82) is 0 Å². The van der Waals surface area contributed by atoms with E-state index in [1.807, 2.05) is 11.8 Å². The highest BCUT2D eigenvalue weighted by molar-refractivity contribution is 7.99. The van der Waals surface area contributed by atoms with Gasteiger partial charge in [0.15, 0.2) is 0 Å². The molecule has 3 rings (SSSR count). The third-order valence-corrected chi connectivity index (χ3v) is 5.00. The number of rotatable bonds is 5. The fourth-order valence-electron chi connectivity index (χ4n) is 2.96. The Morgan fingerprint density at radius 3 is 2.10 bits per heavy atom. The monoisotopic (exact) mass is 283 g/mol. The number of nitrogens with one attached hydrogen (secondary N) is 1. The number of fused-ring (bicyclic) bond motifs is 3. The van der Waals surface area contributed by atoms with Crippen LogP contribution in [0.15, 0.2) is 48.5 Å². The quantitative estimate of drug-likeness (QED) is 0.868. The van der Waals surface area contributed by atoms with Gasteiger partial charge in [-0.3, -0.25) is 0 Å². The molecule has 1 N–H and O–H groups in total. The van der Waals surface area contributed by atoms with Gasteiger partial charge in [0, 0.05) is 11.8 Å². The Balaban J connectivity index is 1.91. The van der Waals surface area contributed by atoms with Crippen LogP contribution in [0, 0.1) is 0 Å². The van der Waals surface area contributed by atoms with Crippen molar-refractivity contribution >= 4 is 11.8 Å². The molecule has 0 aromatic heterocycles. The Kier molecular flexibility index (Phi) is 4.13. The zero-order valence-electron chi connectivity index (χ0n) is 12.1. The molecule has 0 saturated carbocycles. The summed E-state index contributed by atoms with van der Waals surface area (Å²) in [4.78, 5) is 0. The molecule has 2 heteroatoms. The summed E-state index contributed by atoms with van der Waals surface area (Å²) >= 11 is 2.00. The van der Waals surface area contributed by atoms with Crippen molar-refractivity contribution < 1.29 is 0 Å². The van der Waals surface area contributed by atoms with Crippen molar-refractivity contribution in [3.8, 4) is 11.1 Å². The molecule has 20 heavy (non-hydrogen) atoms. The maximum atomic E-state index is 3.81. The van der Waals surface area contributed by atoms with Crippen molar-refractivity contribution in [3.63, 3.8) is 0 Å². The van der Waals surface area contributed by atoms with Crippen molar-refractivity contribution in [2.75, 3.05) is 11.5 Å². The van der Waals surface area contributed by atoms with Gasteiger partial charge in [0.25, 0.3) is 0 Å². The molecule has 0 aliphatic heterocycles. The van der Waals surface area contributed by atoms with Gasteiger partial charge in [-0.1, -0.05) is 55.5 Å². The predicted molar refractivity (Wildman–Crippen MR) is 89.3 cm³/mol. The van der Waals surface area contributed by atoms with Gasteiger partial charge in [0.05, 0.1) is 6.04 Å². The van der Waals surface area contributed by atoms with E-state index >= 15 is 0 Å². The average molecular weight is 283 g/mol. The summed E-state index contributed by atoms with van der Waals surface area (Å²) in [5, 5.41) is 3.81. The molecule has 1 unspecified atom stereocenters. The highest BCUT2D eigenvalue weighted by Crippen LogP contribution is 2.43. The van der Waals surface area contributed by atoms with Gasteiger partial charge in [-0.25, -0.2) is 0 Å². The summed E-state index contributed by atoms with van der Waals surface area (Å²) < 4.78 is 0. The normalized spacial score (nSPS) is 14.9. The Morgan fingerprint density at radius 1 is 1.00 bits per heavy atom. The van der Waals surface area contributed by atoms with Gasteiger partial charge in [0.1, 0.15) is 0 Å². The molecule has 1 aliphatic carbocycles. The second-order valence-electron chi connectivity index (χ2n) is 5.33. The summed E-state index contributed by atoms with van der Waals surface area (Å²) in [5.41, 5.74) is 5.61. The van der Waals surface area contributed by atoms with Gasteiger partial charge in [0.2, 0.25) is 0 Å². The second-order valence-corrected chi connectivity index (χ2v) is 6.65. The smallest absolute Gasteiger partial charge is 0.0591 e. The minimum atomic E-state index is 0.342. The molecule has 0 bridgehead atoms. The molecule has 1 aliphatic rings. The number of hydrogen-bond donors (Lipinski definition) is 1. The lowest BCUT2D eigenvalue weighted by atomic mass is 10.0. The summed E-state index contributed by atoms with van der Waals surface area (Å²) in [6, 6.07) is 18.4. The van der Waals surface area contributed by atoms with E-state index in [1.54, 1.807) is 0 Å². The fraction of sp³-hybridized carbons (Fsp3) is 0.333. The highest BCUT2D eigenvalue weighted by Gasteiger charge is 2.28. The van der Waals surface area contributed by atoms with Crippen LogP contribution in [-0.4, -0.2) is 17.5 Å². The van der Waals surface area contributed by atoms with Crippen molar-refractivity contribution in [2.24, 2.45) is 0 Å². The maximum Gasteiger partial charge on any atom is 0.0591 e. The minimum Gasteiger partial charge on any atom is -0.303 e. The van der Waals surface area contributed by atoms with Crippen molar-refractivity contribution in [2.45, 2.75) is 25.9 Å². The molecule has 0 spiro atoms. The van der Waals surface area contributed by atoms with Crippen LogP contribution in [0.4, 0.5) is 0 Å². The van der Waals surface area contributed by atoms with Gasteiger partial charge < -0.3 is 5.32 Å². The number of benzene rings is 2. The third kappa shape index (κ3) is 2.50. The first-order valence-electron chi connectivity index (χ1n) is 7.33. The summed E-state index contributed by atoms with van der Waals surface area (Å²) in [5.74, 6) is 2.35. The van der Waals surface area contributed by atoms with Gasteiger partial charge in [-0.05, 0) is 34.9 Å². The molecule has 104 valence electrons. The average Bonchev–Trinajstić information content (AvgIpc) is 2.80. The number of hydrogen-bond acceptors (Lipinski definition) is 2. The van der Waals surface area contributed by atoms with E-state index in [4.69, 9.17) is 0 Å². The Hall–Kier alpha value is -1.25. The van der Waals surface area contributed by atoms with Gasteiger partial charge in [-0.2, -0.15) is 11.8 Å². The molecule has 2 aromatic carbocycles. The zero-order valence-corrected chi connectivity index (χ0v) is 12.9. The fourth-order valence-corrected chi connectivity index (χ4v) is 3.65. The predicted octanol–water partition coefficient (Wildman–Crippen LogP) is 4.49. The van der Waals surface area contributed by atoms with Crippen LogP contribution in [0.3, 0.4) is 0 Å². The van der Waals surface area contributed by atoms with E-state index in [-0.39, 0.29) is 0 Å². The summed E-state index contributed by atoms with van der Waals surface area (Å²) in [6.45, 7) is 4.50. The van der Waals surface area contributed by atoms with Crippen LogP contribution in [0.1, 0.15) is 31.0 Å². The van der Waals surface area contributed by atoms with Crippen LogP contribution >= 0.6 is 11.8 Å². The molecule has 1 nitrogen and oxygen atoms in total. The van der Waals surface area contributed by atoms with E-state index in [0.717, 1.165) is 5.75 Å². The first-order valence-corrected chi connectivity index (χ1v) is 8.48. The Labute approximate surface area is 125 Å². The van der Waals surface area contributed by atoms with Gasteiger partial charge in [-0.15, -0.1) is 0 Å². The lowest BCUT2D eigenvalue weighted by molar-refractivity contribution is 0.541. The van der Waals surface area contributed by atoms with E-state index < -0.39 is 0 Å². The van der Waals surface area contributed by atoms with Crippen LogP contribution in [0.25, 0.3) is 11.1 Å². The molecule has 0 amide bonds. The molecule has 0 fully saturated rings. The molecule has 0 heterocycles. The Morgan fingerprint density at radius 2 is 1.55 bits per heavy atom. The second kappa shape index (κ2) is 6.02. The summed E-state index contributed by atoms with van der Waals surface area (Å²) in [7, 11) is 0. The first kappa shape index (κ1) is 13.7. The zero-order chi connectivity index (χ0) is 13.9. The lowest BCUT2D eigenvalue weighted by Crippen LogP contribution is -2.32. The van der Waals surface area contributed by atoms with Crippen molar-refractivity contribution in [1.82, 2.24) is 5.32 Å². The van der Waals surface area contributed by atoms with E-state index in [0.29, 0.717) is 12.1 Å². The van der Waals surface area contributed by atoms with E-state index in [1.165, 1.54) is 28.0 Å². The largest absolute Gasteiger partial charge is 0.303 e. The minimum absolute atomic E-state index is 0.342. The molecule has 0 saturated heterocycles. The topological polar surface area (TPSA) is 12.0 Å². The van der Waals surface area contributed by atoms with Crippen LogP contribution in [0.2, 0.25) is 0 Å². The van der Waals surface area contributed by atoms with Gasteiger partial charge >= 0.3 is 0 Å². The molecular weight excluding hydrogens is 262 g/mol. The SMILES string of the molecule is CCSCC(C)NC1c2ccccc2-c2ccccc21. The van der Waals surface area contributed by atoms with Crippen LogP contribution in [0.5, 0.6) is 0 Å². The van der Waals surface area contributed by atoms with Crippen molar-refractivity contribution in [3.05, 3.63) is 59.7 Å². The third-order valence-electron chi connectivity index (χ3n) is 3.86. The first-order chi connectivity index (χ1) is 9.81. The van der Waals surface area contributed by atoms with Crippen LogP contribution in [-0.2, 0) is 0 Å². The molecular formula is C18H21NS.